The minimum atomic E-state index is -2.79. The third kappa shape index (κ3) is 6.01. The smallest absolute Gasteiger partial charge is 0.417 e. The first-order valence-corrected chi connectivity index (χ1v) is 13.2. The van der Waals surface area contributed by atoms with Gasteiger partial charge in [0.25, 0.3) is 5.91 Å². The monoisotopic (exact) mass is 567 g/mol. The number of nitrogens with one attached hydrogen (secondary N) is 1. The van der Waals surface area contributed by atoms with Crippen LogP contribution in [0, 0.1) is 12.7 Å². The number of aryl methyl sites for hydroxylation is 1. The minimum absolute atomic E-state index is 0.0573. The van der Waals surface area contributed by atoms with Gasteiger partial charge in [-0.25, -0.2) is 32.8 Å². The molecule has 2 aliphatic rings. The van der Waals surface area contributed by atoms with Crippen LogP contribution in [-0.4, -0.2) is 52.5 Å². The van der Waals surface area contributed by atoms with Crippen LogP contribution in [0.15, 0.2) is 67.0 Å². The van der Waals surface area contributed by atoms with E-state index in [1.54, 1.807) is 37.3 Å². The van der Waals surface area contributed by atoms with Gasteiger partial charge in [0.1, 0.15) is 18.5 Å². The van der Waals surface area contributed by atoms with Gasteiger partial charge in [0.15, 0.2) is 6.04 Å². The van der Waals surface area contributed by atoms with Crippen molar-refractivity contribution in [1.29, 1.82) is 0 Å². The molecule has 5 rings (SSSR count). The maximum atomic E-state index is 14.5. The Labute approximate surface area is 234 Å². The van der Waals surface area contributed by atoms with Crippen LogP contribution in [0.4, 0.5) is 29.6 Å². The van der Waals surface area contributed by atoms with Gasteiger partial charge in [0.2, 0.25) is 17.8 Å². The highest BCUT2D eigenvalue weighted by atomic mass is 19.3. The second kappa shape index (κ2) is 11.6. The molecule has 0 bridgehead atoms. The van der Waals surface area contributed by atoms with Crippen molar-refractivity contribution in [2.45, 2.75) is 56.7 Å². The highest BCUT2D eigenvalue weighted by Gasteiger charge is 2.46. The van der Waals surface area contributed by atoms with Crippen molar-refractivity contribution in [2.75, 3.05) is 16.4 Å². The third-order valence-electron chi connectivity index (χ3n) is 7.30. The van der Waals surface area contributed by atoms with E-state index in [0.29, 0.717) is 11.1 Å². The Balaban J connectivity index is 1.58. The highest BCUT2D eigenvalue weighted by molar-refractivity contribution is 6.09. The van der Waals surface area contributed by atoms with Crippen LogP contribution >= 0.6 is 0 Å². The lowest BCUT2D eigenvalue weighted by Crippen LogP contribution is -2.54. The summed E-state index contributed by atoms with van der Waals surface area (Å²) in [5.41, 5.74) is 1.16. The van der Waals surface area contributed by atoms with Gasteiger partial charge in [-0.2, -0.15) is 0 Å². The van der Waals surface area contributed by atoms with Gasteiger partial charge in [0, 0.05) is 37.0 Å². The number of ether oxygens (including phenoxy) is 1. The number of hydrogen-bond donors (Lipinski definition) is 1. The first kappa shape index (κ1) is 28.1. The van der Waals surface area contributed by atoms with Crippen LogP contribution in [0.25, 0.3) is 0 Å². The Hall–Kier alpha value is -4.48. The lowest BCUT2D eigenvalue weighted by molar-refractivity contribution is -0.128. The quantitative estimate of drug-likeness (QED) is 0.443. The normalized spacial score (nSPS) is 19.4. The number of carbonyl (C=O) groups excluding carboxylic acids is 3. The number of aromatic nitrogens is 2. The minimum Gasteiger partial charge on any atom is -0.446 e. The molecule has 2 heterocycles. The predicted molar refractivity (Wildman–Crippen MR) is 143 cm³/mol. The van der Waals surface area contributed by atoms with Crippen molar-refractivity contribution >= 4 is 29.5 Å². The number of alkyl halides is 2. The standard InChI is InChI=1S/C29H28F3N5O4/c1-18-6-2-3-9-22(18)24(25(38)35-20-10-12-29(31,32)13-11-20)36(21-8-4-7-19(30)16-21)26(39)23-17-41-28(40)37(23)27-33-14-5-15-34-27/h2-9,14-16,20,23-24H,10-13,17H2,1H3,(H,35,38). The van der Waals surface area contributed by atoms with E-state index < -0.39 is 47.8 Å². The molecular weight excluding hydrogens is 539 g/mol. The number of amides is 3. The molecule has 2 unspecified atom stereocenters. The summed E-state index contributed by atoms with van der Waals surface area (Å²) in [6.07, 6.45) is 1.34. The molecule has 3 amide bonds. The molecule has 1 N–H and O–H groups in total. The van der Waals surface area contributed by atoms with Crippen molar-refractivity contribution in [1.82, 2.24) is 15.3 Å². The molecule has 3 aromatic rings. The highest BCUT2D eigenvalue weighted by Crippen LogP contribution is 2.36. The summed E-state index contributed by atoms with van der Waals surface area (Å²) in [5, 5.41) is 2.85. The van der Waals surface area contributed by atoms with Gasteiger partial charge in [-0.05, 0) is 55.2 Å². The molecule has 214 valence electrons. The number of anilines is 2. The van der Waals surface area contributed by atoms with Gasteiger partial charge in [-0.3, -0.25) is 14.5 Å². The van der Waals surface area contributed by atoms with E-state index in [0.717, 1.165) is 15.9 Å². The first-order valence-electron chi connectivity index (χ1n) is 13.2. The topological polar surface area (TPSA) is 105 Å². The molecule has 2 aromatic carbocycles. The fourth-order valence-corrected chi connectivity index (χ4v) is 5.19. The molecule has 1 saturated heterocycles. The zero-order valence-electron chi connectivity index (χ0n) is 22.2. The van der Waals surface area contributed by atoms with Gasteiger partial charge < -0.3 is 10.1 Å². The van der Waals surface area contributed by atoms with Gasteiger partial charge in [-0.15, -0.1) is 0 Å². The van der Waals surface area contributed by atoms with Gasteiger partial charge in [-0.1, -0.05) is 30.3 Å². The largest absolute Gasteiger partial charge is 0.446 e. The van der Waals surface area contributed by atoms with Gasteiger partial charge >= 0.3 is 6.09 Å². The summed E-state index contributed by atoms with van der Waals surface area (Å²) in [4.78, 5) is 51.4. The molecule has 41 heavy (non-hydrogen) atoms. The summed E-state index contributed by atoms with van der Waals surface area (Å²) in [5.74, 6) is -4.89. The summed E-state index contributed by atoms with van der Waals surface area (Å²) in [6, 6.07) is 10.5. The molecule has 9 nitrogen and oxygen atoms in total. The zero-order valence-corrected chi connectivity index (χ0v) is 22.2. The fourth-order valence-electron chi connectivity index (χ4n) is 5.19. The Morgan fingerprint density at radius 2 is 1.78 bits per heavy atom. The summed E-state index contributed by atoms with van der Waals surface area (Å²) < 4.78 is 47.4. The SMILES string of the molecule is Cc1ccccc1C(C(=O)NC1CCC(F)(F)CC1)N(C(=O)C1COC(=O)N1c1ncccn1)c1cccc(F)c1. The second-order valence-corrected chi connectivity index (χ2v) is 10.1. The van der Waals surface area contributed by atoms with Crippen LogP contribution in [0.2, 0.25) is 0 Å². The number of nitrogens with zero attached hydrogens (tertiary/aromatic N) is 4. The van der Waals surface area contributed by atoms with Crippen molar-refractivity contribution in [2.24, 2.45) is 0 Å². The number of benzene rings is 2. The van der Waals surface area contributed by atoms with Crippen molar-refractivity contribution in [3.8, 4) is 0 Å². The fraction of sp³-hybridized carbons (Fsp3) is 0.345. The Morgan fingerprint density at radius 1 is 1.07 bits per heavy atom. The van der Waals surface area contributed by atoms with E-state index in [9.17, 15) is 27.6 Å². The maximum Gasteiger partial charge on any atom is 0.417 e. The van der Waals surface area contributed by atoms with Crippen LogP contribution < -0.4 is 15.1 Å². The van der Waals surface area contributed by atoms with Crippen molar-refractivity contribution in [3.63, 3.8) is 0 Å². The summed E-state index contributed by atoms with van der Waals surface area (Å²) in [6.45, 7) is 1.40. The van der Waals surface area contributed by atoms with E-state index in [1.807, 2.05) is 0 Å². The number of rotatable bonds is 7. The molecule has 0 spiro atoms. The molecular formula is C29H28F3N5O4. The van der Waals surface area contributed by atoms with E-state index in [4.69, 9.17) is 4.74 Å². The molecule has 2 fully saturated rings. The lowest BCUT2D eigenvalue weighted by Gasteiger charge is -2.36. The number of carbonyl (C=O) groups is 3. The molecule has 0 radical (unpaired) electrons. The molecule has 1 aliphatic heterocycles. The Bertz CT molecular complexity index is 1430. The third-order valence-corrected chi connectivity index (χ3v) is 7.30. The second-order valence-electron chi connectivity index (χ2n) is 10.1. The average Bonchev–Trinajstić information content (AvgIpc) is 3.34. The van der Waals surface area contributed by atoms with Crippen molar-refractivity contribution < 1.29 is 32.3 Å². The predicted octanol–water partition coefficient (Wildman–Crippen LogP) is 4.72. The maximum absolute atomic E-state index is 14.5. The van der Waals surface area contributed by atoms with Crippen LogP contribution in [-0.2, 0) is 14.3 Å². The molecule has 1 aromatic heterocycles. The van der Waals surface area contributed by atoms with Crippen molar-refractivity contribution in [3.05, 3.63) is 83.9 Å². The van der Waals surface area contributed by atoms with Crippen LogP contribution in [0.5, 0.6) is 0 Å². The van der Waals surface area contributed by atoms with E-state index in [-0.39, 0.29) is 43.9 Å². The zero-order chi connectivity index (χ0) is 29.1. The lowest BCUT2D eigenvalue weighted by atomic mass is 9.91. The number of halogens is 3. The molecule has 1 saturated carbocycles. The average molecular weight is 568 g/mol. The summed E-state index contributed by atoms with van der Waals surface area (Å²) >= 11 is 0. The molecule has 2 atom stereocenters. The summed E-state index contributed by atoms with van der Waals surface area (Å²) in [7, 11) is 0. The number of hydrogen-bond acceptors (Lipinski definition) is 6. The van der Waals surface area contributed by atoms with Gasteiger partial charge in [0.05, 0.1) is 0 Å². The van der Waals surface area contributed by atoms with Crippen LogP contribution in [0.3, 0.4) is 0 Å². The van der Waals surface area contributed by atoms with E-state index >= 15 is 0 Å². The first-order chi connectivity index (χ1) is 19.6. The van der Waals surface area contributed by atoms with E-state index in [1.165, 1.54) is 30.6 Å². The Morgan fingerprint density at radius 3 is 2.46 bits per heavy atom. The van der Waals surface area contributed by atoms with Crippen LogP contribution in [0.1, 0.15) is 42.9 Å². The number of cyclic esters (lactones) is 1. The Kier molecular flexibility index (Phi) is 7.91. The van der Waals surface area contributed by atoms with E-state index in [2.05, 4.69) is 15.3 Å². The molecule has 1 aliphatic carbocycles. The molecule has 12 heteroatoms.